The third-order valence-electron chi connectivity index (χ3n) is 3.90. The Balaban J connectivity index is 2.82. The molecule has 0 amide bonds. The molecule has 0 N–H and O–H groups in total. The average Bonchev–Trinajstić information content (AvgIpc) is 2.04. The zero-order valence-corrected chi connectivity index (χ0v) is 8.28. The Morgan fingerprint density at radius 2 is 1.45 bits per heavy atom. The molecule has 0 aromatic rings. The lowest BCUT2D eigenvalue weighted by molar-refractivity contribution is 0.101. The van der Waals surface area contributed by atoms with Crippen molar-refractivity contribution < 1.29 is 0 Å². The first kappa shape index (κ1) is 8.83. The van der Waals surface area contributed by atoms with Gasteiger partial charge in [-0.15, -0.1) is 0 Å². The zero-order chi connectivity index (χ0) is 8.54. The predicted molar refractivity (Wildman–Crippen MR) is 50.6 cm³/mol. The van der Waals surface area contributed by atoms with Gasteiger partial charge in [-0.3, -0.25) is 0 Å². The van der Waals surface area contributed by atoms with Gasteiger partial charge in [0, 0.05) is 0 Å². The minimum atomic E-state index is 0.497. The van der Waals surface area contributed by atoms with Crippen LogP contribution < -0.4 is 0 Å². The molecule has 0 heterocycles. The molecule has 1 atom stereocenters. The normalized spacial score (nSPS) is 33.5. The quantitative estimate of drug-likeness (QED) is 0.540. The maximum absolute atomic E-state index is 2.41. The van der Waals surface area contributed by atoms with Crippen molar-refractivity contribution in [1.29, 1.82) is 0 Å². The second-order valence-electron chi connectivity index (χ2n) is 3.97. The van der Waals surface area contributed by atoms with Crippen LogP contribution in [0.25, 0.3) is 0 Å². The van der Waals surface area contributed by atoms with E-state index in [0.29, 0.717) is 10.8 Å². The maximum atomic E-state index is 2.41. The first-order valence-corrected chi connectivity index (χ1v) is 4.84. The van der Waals surface area contributed by atoms with E-state index in [1.807, 2.05) is 0 Å². The summed E-state index contributed by atoms with van der Waals surface area (Å²) in [5.74, 6) is 0. The van der Waals surface area contributed by atoms with E-state index >= 15 is 0 Å². The van der Waals surface area contributed by atoms with E-state index in [1.165, 1.54) is 19.3 Å². The Hall–Kier alpha value is -0.260. The van der Waals surface area contributed by atoms with Gasteiger partial charge in [-0.25, -0.2) is 0 Å². The van der Waals surface area contributed by atoms with Crippen LogP contribution in [-0.2, 0) is 0 Å². The molecule has 0 radical (unpaired) electrons. The monoisotopic (exact) mass is 152 g/mol. The van der Waals surface area contributed by atoms with Gasteiger partial charge in [0.15, 0.2) is 0 Å². The largest absolute Gasteiger partial charge is 0.0811 e. The number of rotatable bonds is 3. The molecular weight excluding hydrogens is 132 g/mol. The molecule has 0 spiro atoms. The highest BCUT2D eigenvalue weighted by atomic mass is 14.5. The molecule has 0 aromatic carbocycles. The lowest BCUT2D eigenvalue weighted by Gasteiger charge is -2.51. The zero-order valence-electron chi connectivity index (χ0n) is 8.28. The molecule has 0 bridgehead atoms. The van der Waals surface area contributed by atoms with Crippen molar-refractivity contribution in [2.45, 2.75) is 47.0 Å². The highest BCUT2D eigenvalue weighted by molar-refractivity contribution is 5.24. The highest BCUT2D eigenvalue weighted by Gasteiger charge is 2.46. The number of hydrogen-bond donors (Lipinski definition) is 0. The summed E-state index contributed by atoms with van der Waals surface area (Å²) < 4.78 is 0. The fourth-order valence-electron chi connectivity index (χ4n) is 2.37. The van der Waals surface area contributed by atoms with Crippen LogP contribution in [0.3, 0.4) is 0 Å². The molecule has 0 saturated heterocycles. The topological polar surface area (TPSA) is 0 Å². The molecule has 0 heteroatoms. The standard InChI is InChI=1S/C11H20/c1-5-10(4)8-9-11(10,6-2)7-3/h8-9H,5-7H2,1-4H3. The van der Waals surface area contributed by atoms with Crippen LogP contribution in [0.2, 0.25) is 0 Å². The van der Waals surface area contributed by atoms with Gasteiger partial charge < -0.3 is 0 Å². The first-order valence-electron chi connectivity index (χ1n) is 4.84. The van der Waals surface area contributed by atoms with Crippen molar-refractivity contribution >= 4 is 0 Å². The first-order chi connectivity index (χ1) is 5.14. The van der Waals surface area contributed by atoms with E-state index in [-0.39, 0.29) is 0 Å². The van der Waals surface area contributed by atoms with Crippen molar-refractivity contribution in [1.82, 2.24) is 0 Å². The molecule has 1 unspecified atom stereocenters. The molecule has 11 heavy (non-hydrogen) atoms. The summed E-state index contributed by atoms with van der Waals surface area (Å²) in [5, 5.41) is 0. The van der Waals surface area contributed by atoms with Crippen LogP contribution in [0, 0.1) is 10.8 Å². The second kappa shape index (κ2) is 2.66. The van der Waals surface area contributed by atoms with Crippen LogP contribution in [-0.4, -0.2) is 0 Å². The van der Waals surface area contributed by atoms with Crippen molar-refractivity contribution in [3.63, 3.8) is 0 Å². The fraction of sp³-hybridized carbons (Fsp3) is 0.818. The summed E-state index contributed by atoms with van der Waals surface area (Å²) in [7, 11) is 0. The van der Waals surface area contributed by atoms with Crippen LogP contribution in [0.1, 0.15) is 47.0 Å². The van der Waals surface area contributed by atoms with Gasteiger partial charge in [0.05, 0.1) is 0 Å². The SMILES string of the molecule is CCC1(C)C=CC1(CC)CC. The summed E-state index contributed by atoms with van der Waals surface area (Å²) in [6, 6.07) is 0. The molecular formula is C11H20. The summed E-state index contributed by atoms with van der Waals surface area (Å²) in [5.41, 5.74) is 1.03. The Labute approximate surface area is 70.7 Å². The molecule has 0 aliphatic heterocycles. The van der Waals surface area contributed by atoms with Crippen LogP contribution >= 0.6 is 0 Å². The van der Waals surface area contributed by atoms with Crippen LogP contribution in [0.4, 0.5) is 0 Å². The summed E-state index contributed by atoms with van der Waals surface area (Å²) >= 11 is 0. The summed E-state index contributed by atoms with van der Waals surface area (Å²) in [4.78, 5) is 0. The van der Waals surface area contributed by atoms with Crippen molar-refractivity contribution in [2.75, 3.05) is 0 Å². The van der Waals surface area contributed by atoms with E-state index in [0.717, 1.165) is 0 Å². The van der Waals surface area contributed by atoms with Gasteiger partial charge in [0.2, 0.25) is 0 Å². The van der Waals surface area contributed by atoms with Gasteiger partial charge in [-0.05, 0) is 30.1 Å². The van der Waals surface area contributed by atoms with Gasteiger partial charge in [-0.1, -0.05) is 39.8 Å². The Bertz CT molecular complexity index is 163. The van der Waals surface area contributed by atoms with Gasteiger partial charge >= 0.3 is 0 Å². The molecule has 0 saturated carbocycles. The minimum Gasteiger partial charge on any atom is -0.0811 e. The molecule has 1 rings (SSSR count). The van der Waals surface area contributed by atoms with E-state index in [4.69, 9.17) is 0 Å². The van der Waals surface area contributed by atoms with E-state index < -0.39 is 0 Å². The van der Waals surface area contributed by atoms with E-state index in [2.05, 4.69) is 39.8 Å². The molecule has 1 aliphatic carbocycles. The number of hydrogen-bond acceptors (Lipinski definition) is 0. The molecule has 0 fully saturated rings. The predicted octanol–water partition coefficient (Wildman–Crippen LogP) is 3.78. The maximum Gasteiger partial charge on any atom is -0.00351 e. The third kappa shape index (κ3) is 0.953. The van der Waals surface area contributed by atoms with Crippen molar-refractivity contribution in [3.05, 3.63) is 12.2 Å². The van der Waals surface area contributed by atoms with E-state index in [9.17, 15) is 0 Å². The fourth-order valence-corrected chi connectivity index (χ4v) is 2.37. The molecule has 0 aromatic heterocycles. The van der Waals surface area contributed by atoms with E-state index in [1.54, 1.807) is 0 Å². The number of allylic oxidation sites excluding steroid dienone is 2. The summed E-state index contributed by atoms with van der Waals surface area (Å²) in [6.07, 6.45) is 8.68. The third-order valence-corrected chi connectivity index (χ3v) is 3.90. The smallest absolute Gasteiger partial charge is 0.00351 e. The lowest BCUT2D eigenvalue weighted by atomic mass is 9.53. The van der Waals surface area contributed by atoms with Gasteiger partial charge in [0.1, 0.15) is 0 Å². The Morgan fingerprint density at radius 1 is 0.909 bits per heavy atom. The highest BCUT2D eigenvalue weighted by Crippen LogP contribution is 2.56. The van der Waals surface area contributed by atoms with Crippen molar-refractivity contribution in [3.8, 4) is 0 Å². The van der Waals surface area contributed by atoms with Gasteiger partial charge in [0.25, 0.3) is 0 Å². The Morgan fingerprint density at radius 3 is 1.55 bits per heavy atom. The summed E-state index contributed by atoms with van der Waals surface area (Å²) in [6.45, 7) is 9.30. The average molecular weight is 152 g/mol. The molecule has 0 nitrogen and oxygen atoms in total. The minimum absolute atomic E-state index is 0.497. The van der Waals surface area contributed by atoms with Crippen LogP contribution in [0.5, 0.6) is 0 Å². The Kier molecular flexibility index (Phi) is 2.13. The van der Waals surface area contributed by atoms with Gasteiger partial charge in [-0.2, -0.15) is 0 Å². The lowest BCUT2D eigenvalue weighted by Crippen LogP contribution is -2.42. The molecule has 64 valence electrons. The van der Waals surface area contributed by atoms with Crippen LogP contribution in [0.15, 0.2) is 12.2 Å². The molecule has 1 aliphatic rings. The second-order valence-corrected chi connectivity index (χ2v) is 3.97. The van der Waals surface area contributed by atoms with Crippen molar-refractivity contribution in [2.24, 2.45) is 10.8 Å².